The van der Waals surface area contributed by atoms with Crippen LogP contribution >= 0.6 is 0 Å². The number of aromatic nitrogens is 1. The van der Waals surface area contributed by atoms with Crippen LogP contribution in [-0.2, 0) is 61.5 Å². The molecule has 0 unspecified atom stereocenters. The maximum atomic E-state index is 14.0. The minimum Gasteiger partial charge on any atom is -0.482 e. The molecule has 0 bridgehead atoms. The number of amides is 1. The Bertz CT molecular complexity index is 2130. The minimum absolute atomic E-state index is 0.0525. The number of aromatic carboxylic acids is 1. The van der Waals surface area contributed by atoms with E-state index in [-0.39, 0.29) is 51.9 Å². The molecule has 1 aromatic heterocycles. The molecular weight excluding hydrogens is 817 g/mol. The first-order chi connectivity index (χ1) is 31.4. The van der Waals surface area contributed by atoms with E-state index in [4.69, 9.17) is 33.2 Å². The van der Waals surface area contributed by atoms with Crippen LogP contribution in [0.5, 0.6) is 5.75 Å². The first kappa shape index (κ1) is 47.0. The summed E-state index contributed by atoms with van der Waals surface area (Å²) in [7, 11) is 0. The van der Waals surface area contributed by atoms with Crippen molar-refractivity contribution in [2.45, 2.75) is 51.3 Å². The van der Waals surface area contributed by atoms with Gasteiger partial charge in [-0.1, -0.05) is 152 Å². The number of nitrogens with one attached hydrogen (secondary N) is 2. The van der Waals surface area contributed by atoms with E-state index in [0.717, 1.165) is 33.9 Å². The molecule has 5 aromatic carbocycles. The van der Waals surface area contributed by atoms with Crippen molar-refractivity contribution in [3.8, 4) is 5.75 Å². The third-order valence-electron chi connectivity index (χ3n) is 9.75. The van der Waals surface area contributed by atoms with Gasteiger partial charge in [0.05, 0.1) is 72.1 Å². The van der Waals surface area contributed by atoms with Gasteiger partial charge in [0.25, 0.3) is 11.5 Å². The highest BCUT2D eigenvalue weighted by molar-refractivity contribution is 5.97. The lowest BCUT2D eigenvalue weighted by Gasteiger charge is -2.26. The largest absolute Gasteiger partial charge is 0.482 e. The molecule has 13 nitrogen and oxygen atoms in total. The molecule has 0 spiro atoms. The minimum atomic E-state index is -1.44. The van der Waals surface area contributed by atoms with E-state index >= 15 is 0 Å². The zero-order chi connectivity index (χ0) is 44.6. The van der Waals surface area contributed by atoms with Gasteiger partial charge in [0.1, 0.15) is 30.1 Å². The summed E-state index contributed by atoms with van der Waals surface area (Å²) in [5.74, 6) is -2.62. The topological polar surface area (TPSA) is 164 Å². The van der Waals surface area contributed by atoms with E-state index in [1.807, 2.05) is 127 Å². The molecule has 64 heavy (non-hydrogen) atoms. The maximum absolute atomic E-state index is 14.0. The number of aromatic amines is 1. The van der Waals surface area contributed by atoms with Crippen LogP contribution in [0.3, 0.4) is 0 Å². The van der Waals surface area contributed by atoms with Gasteiger partial charge in [-0.2, -0.15) is 0 Å². The third-order valence-corrected chi connectivity index (χ3v) is 9.75. The number of carbonyl (C=O) groups excluding carboxylic acids is 1. The summed E-state index contributed by atoms with van der Waals surface area (Å²) in [6.45, 7) is 1.89. The Kier molecular flexibility index (Phi) is 19.3. The summed E-state index contributed by atoms with van der Waals surface area (Å²) < 4.78 is 42.8. The first-order valence-electron chi connectivity index (χ1n) is 21.1. The summed E-state index contributed by atoms with van der Waals surface area (Å²) in [6.07, 6.45) is -1.13. The van der Waals surface area contributed by atoms with Crippen LogP contribution < -0.4 is 15.6 Å². The van der Waals surface area contributed by atoms with E-state index in [1.165, 1.54) is 0 Å². The fourth-order valence-electron chi connectivity index (χ4n) is 6.42. The van der Waals surface area contributed by atoms with E-state index < -0.39 is 47.0 Å². The number of carboxylic acids is 1. The zero-order valence-corrected chi connectivity index (χ0v) is 35.6. The number of benzene rings is 5. The van der Waals surface area contributed by atoms with Crippen molar-refractivity contribution in [2.24, 2.45) is 0 Å². The van der Waals surface area contributed by atoms with Gasteiger partial charge in [-0.15, -0.1) is 0 Å². The van der Waals surface area contributed by atoms with Gasteiger partial charge < -0.3 is 48.6 Å². The van der Waals surface area contributed by atoms with Crippen molar-refractivity contribution < 1.29 is 47.9 Å². The molecule has 6 aromatic rings. The van der Waals surface area contributed by atoms with Crippen LogP contribution in [0, 0.1) is 0 Å². The molecule has 0 aliphatic heterocycles. The molecule has 0 atom stereocenters. The molecule has 1 amide bonds. The first-order valence-corrected chi connectivity index (χ1v) is 21.1. The zero-order valence-electron chi connectivity index (χ0n) is 35.6. The molecule has 3 N–H and O–H groups in total. The standard InChI is InChI=1S/C51H54N2O11/c54-49(47-26-46(51(56)57)48(50(55)53-47)64-31-42-24-14-5-15-25-42)52-43(32-62-44(34-58-27-38-16-6-1-7-17-38)35-59-28-39-18-8-2-9-19-39)33-63-45(36-60-29-40-20-10-3-11-21-40)37-61-30-41-22-12-4-13-23-41/h1-26,43-45H,27-37H2,(H,52,54)(H,53,55)(H,56,57). The Hall–Kier alpha value is -6.45. The van der Waals surface area contributed by atoms with Gasteiger partial charge in [-0.25, -0.2) is 4.79 Å². The normalized spacial score (nSPS) is 11.3. The van der Waals surface area contributed by atoms with Crippen LogP contribution in [0.25, 0.3) is 0 Å². The Morgan fingerprint density at radius 1 is 0.500 bits per heavy atom. The fraction of sp³-hybridized carbons (Fsp3) is 0.275. The van der Waals surface area contributed by atoms with Crippen molar-refractivity contribution in [1.82, 2.24) is 10.3 Å². The second-order valence-corrected chi connectivity index (χ2v) is 14.9. The summed E-state index contributed by atoms with van der Waals surface area (Å²) in [6, 6.07) is 48.2. The smallest absolute Gasteiger partial charge is 0.339 e. The molecule has 0 aliphatic rings. The van der Waals surface area contributed by atoms with Gasteiger partial charge in [0.15, 0.2) is 5.75 Å². The van der Waals surface area contributed by atoms with Crippen LogP contribution in [-0.4, -0.2) is 79.9 Å². The van der Waals surface area contributed by atoms with Gasteiger partial charge in [-0.05, 0) is 33.9 Å². The molecular formula is C51H54N2O11. The molecule has 6 rings (SSSR count). The van der Waals surface area contributed by atoms with Crippen molar-refractivity contribution in [1.29, 1.82) is 0 Å². The molecule has 334 valence electrons. The predicted octanol–water partition coefficient (Wildman–Crippen LogP) is 7.39. The van der Waals surface area contributed by atoms with E-state index in [0.29, 0.717) is 26.4 Å². The SMILES string of the molecule is O=C(NC(COC(COCc1ccccc1)COCc1ccccc1)COC(COCc1ccccc1)COCc1ccccc1)c1cc(C(=O)O)c(OCc2ccccc2)c(=O)[nH]1. The van der Waals surface area contributed by atoms with Gasteiger partial charge in [0, 0.05) is 0 Å². The lowest BCUT2D eigenvalue weighted by atomic mass is 10.2. The van der Waals surface area contributed by atoms with Gasteiger partial charge >= 0.3 is 5.97 Å². The second-order valence-electron chi connectivity index (χ2n) is 14.9. The average molecular weight is 871 g/mol. The number of ether oxygens (including phenoxy) is 7. The summed E-state index contributed by atoms with van der Waals surface area (Å²) in [5.41, 5.74) is 3.07. The Morgan fingerprint density at radius 3 is 1.19 bits per heavy atom. The van der Waals surface area contributed by atoms with Gasteiger partial charge in [0.2, 0.25) is 0 Å². The number of hydrogen-bond donors (Lipinski definition) is 3. The number of rotatable bonds is 28. The van der Waals surface area contributed by atoms with Crippen molar-refractivity contribution in [3.63, 3.8) is 0 Å². The molecule has 0 saturated carbocycles. The predicted molar refractivity (Wildman–Crippen MR) is 240 cm³/mol. The van der Waals surface area contributed by atoms with Crippen molar-refractivity contribution in [2.75, 3.05) is 39.6 Å². The Morgan fingerprint density at radius 2 is 0.844 bits per heavy atom. The summed E-state index contributed by atoms with van der Waals surface area (Å²) >= 11 is 0. The fourth-order valence-corrected chi connectivity index (χ4v) is 6.42. The maximum Gasteiger partial charge on any atom is 0.339 e. The highest BCUT2D eigenvalue weighted by atomic mass is 16.6. The van der Waals surface area contributed by atoms with Crippen LogP contribution in [0.4, 0.5) is 0 Å². The highest BCUT2D eigenvalue weighted by Gasteiger charge is 2.24. The van der Waals surface area contributed by atoms with Crippen LogP contribution in [0.2, 0.25) is 0 Å². The number of hydrogen-bond acceptors (Lipinski definition) is 10. The molecule has 13 heteroatoms. The Balaban J connectivity index is 1.18. The summed E-state index contributed by atoms with van der Waals surface area (Å²) in [4.78, 5) is 42.1. The highest BCUT2D eigenvalue weighted by Crippen LogP contribution is 2.17. The average Bonchev–Trinajstić information content (AvgIpc) is 3.32. The van der Waals surface area contributed by atoms with E-state index in [2.05, 4.69) is 10.3 Å². The van der Waals surface area contributed by atoms with Crippen LogP contribution in [0.15, 0.2) is 163 Å². The Labute approximate surface area is 372 Å². The number of carbonyl (C=O) groups is 2. The van der Waals surface area contributed by atoms with Crippen molar-refractivity contribution >= 4 is 11.9 Å². The number of H-pyrrole nitrogens is 1. The quantitative estimate of drug-likeness (QED) is 0.0451. The molecule has 0 radical (unpaired) electrons. The molecule has 0 aliphatic carbocycles. The number of carboxylic acid groups (broad SMARTS) is 1. The van der Waals surface area contributed by atoms with E-state index in [9.17, 15) is 19.5 Å². The molecule has 0 fully saturated rings. The van der Waals surface area contributed by atoms with E-state index in [1.54, 1.807) is 24.3 Å². The number of pyridine rings is 1. The molecule has 0 saturated heterocycles. The van der Waals surface area contributed by atoms with Crippen molar-refractivity contribution in [3.05, 3.63) is 207 Å². The summed E-state index contributed by atoms with van der Waals surface area (Å²) in [5, 5.41) is 13.0. The lowest BCUT2D eigenvalue weighted by Crippen LogP contribution is -2.45. The monoisotopic (exact) mass is 870 g/mol. The lowest BCUT2D eigenvalue weighted by molar-refractivity contribution is -0.0928. The second kappa shape index (κ2) is 26.2. The molecule has 1 heterocycles. The van der Waals surface area contributed by atoms with Crippen LogP contribution in [0.1, 0.15) is 48.7 Å². The third kappa shape index (κ3) is 16.3. The van der Waals surface area contributed by atoms with Gasteiger partial charge in [-0.3, -0.25) is 9.59 Å².